The number of sulfone groups is 1. The number of aromatic nitrogens is 3. The smallest absolute Gasteiger partial charge is 0.299 e. The number of hydrogen-bond donors (Lipinski definition) is 0. The summed E-state index contributed by atoms with van der Waals surface area (Å²) in [7, 11) is -3.38. The molecule has 0 saturated heterocycles. The summed E-state index contributed by atoms with van der Waals surface area (Å²) in [5.74, 6) is 0. The lowest BCUT2D eigenvalue weighted by molar-refractivity contribution is -0.136. The van der Waals surface area contributed by atoms with Gasteiger partial charge in [-0.05, 0) is 24.3 Å². The van der Waals surface area contributed by atoms with Gasteiger partial charge in [0.1, 0.15) is 5.65 Å². The molecule has 0 fully saturated rings. The van der Waals surface area contributed by atoms with E-state index in [0.29, 0.717) is 22.4 Å². The van der Waals surface area contributed by atoms with E-state index in [2.05, 4.69) is 9.97 Å². The predicted octanol–water partition coefficient (Wildman–Crippen LogP) is 4.49. The molecular weight excluding hydrogens is 403 g/mol. The lowest BCUT2D eigenvalue weighted by Crippen LogP contribution is -2.08. The summed E-state index contributed by atoms with van der Waals surface area (Å²) >= 11 is 0. The fraction of sp³-hybridized carbons (Fsp3) is 0.100. The molecule has 0 saturated carbocycles. The Bertz CT molecular complexity index is 1300. The number of hydrogen-bond acceptors (Lipinski definition) is 4. The second kappa shape index (κ2) is 6.70. The molecule has 3 heterocycles. The number of nitrogens with zero attached hydrogens (tertiary/aromatic N) is 3. The zero-order valence-electron chi connectivity index (χ0n) is 15.1. The number of fused-ring (bicyclic) bond motifs is 1. The number of pyridine rings is 2. The molecule has 9 heteroatoms. The summed E-state index contributed by atoms with van der Waals surface area (Å²) in [6.07, 6.45) is 2.42. The van der Waals surface area contributed by atoms with Gasteiger partial charge in [0.15, 0.2) is 9.84 Å². The van der Waals surface area contributed by atoms with E-state index >= 15 is 0 Å². The van der Waals surface area contributed by atoms with Crippen LogP contribution in [-0.4, -0.2) is 29.0 Å². The van der Waals surface area contributed by atoms with Crippen LogP contribution in [0.15, 0.2) is 72.1 Å². The highest BCUT2D eigenvalue weighted by atomic mass is 32.2. The maximum Gasteiger partial charge on any atom is 0.420 e. The molecule has 0 unspecified atom stereocenters. The van der Waals surface area contributed by atoms with Gasteiger partial charge in [0, 0.05) is 41.5 Å². The first-order valence-corrected chi connectivity index (χ1v) is 10.3. The highest BCUT2D eigenvalue weighted by Crippen LogP contribution is 2.36. The minimum Gasteiger partial charge on any atom is -0.299 e. The average molecular weight is 417 g/mol. The maximum absolute atomic E-state index is 13.7. The Hall–Kier alpha value is -3.20. The lowest BCUT2D eigenvalue weighted by Gasteiger charge is -2.12. The van der Waals surface area contributed by atoms with E-state index in [9.17, 15) is 21.6 Å². The normalized spacial score (nSPS) is 12.4. The van der Waals surface area contributed by atoms with Crippen LogP contribution in [0.1, 0.15) is 5.56 Å². The molecule has 0 radical (unpaired) electrons. The van der Waals surface area contributed by atoms with Gasteiger partial charge in [-0.25, -0.2) is 13.4 Å². The number of imidazole rings is 1. The van der Waals surface area contributed by atoms with Crippen molar-refractivity contribution in [2.75, 3.05) is 6.26 Å². The maximum atomic E-state index is 13.7. The monoisotopic (exact) mass is 417 g/mol. The Kier molecular flexibility index (Phi) is 4.42. The zero-order valence-corrected chi connectivity index (χ0v) is 15.9. The van der Waals surface area contributed by atoms with Crippen molar-refractivity contribution in [2.45, 2.75) is 11.1 Å². The predicted molar refractivity (Wildman–Crippen MR) is 102 cm³/mol. The topological polar surface area (TPSA) is 64.3 Å². The molecule has 148 valence electrons. The van der Waals surface area contributed by atoms with Crippen LogP contribution >= 0.6 is 0 Å². The van der Waals surface area contributed by atoms with Crippen molar-refractivity contribution >= 4 is 15.5 Å². The van der Waals surface area contributed by atoms with Gasteiger partial charge in [0.25, 0.3) is 0 Å². The third-order valence-electron chi connectivity index (χ3n) is 4.48. The summed E-state index contributed by atoms with van der Waals surface area (Å²) in [5.41, 5.74) is 0.736. The Balaban J connectivity index is 1.95. The van der Waals surface area contributed by atoms with Gasteiger partial charge in [-0.3, -0.25) is 9.38 Å². The van der Waals surface area contributed by atoms with E-state index in [0.717, 1.165) is 12.3 Å². The molecule has 0 amide bonds. The quantitative estimate of drug-likeness (QED) is 0.493. The number of alkyl halides is 3. The SMILES string of the molecule is CS(=O)(=O)c1ccc(-c2cnc3c(C(F)(F)F)cc(-c4cccnc4)cn23)cc1. The Labute approximate surface area is 164 Å². The van der Waals surface area contributed by atoms with Gasteiger partial charge in [-0.2, -0.15) is 13.2 Å². The molecule has 0 aliphatic rings. The minimum absolute atomic E-state index is 0.127. The fourth-order valence-corrected chi connectivity index (χ4v) is 3.70. The molecule has 0 bridgehead atoms. The molecule has 3 aromatic heterocycles. The standard InChI is InChI=1S/C20H14F3N3O2S/c1-29(27,28)16-6-4-13(5-7-16)18-11-25-19-17(20(21,22)23)9-15(12-26(18)19)14-3-2-8-24-10-14/h2-12H,1H3. The highest BCUT2D eigenvalue weighted by Gasteiger charge is 2.35. The molecule has 5 nitrogen and oxygen atoms in total. The van der Waals surface area contributed by atoms with Crippen LogP contribution in [0.2, 0.25) is 0 Å². The lowest BCUT2D eigenvalue weighted by atomic mass is 10.1. The summed E-state index contributed by atoms with van der Waals surface area (Å²) in [5, 5.41) is 0. The summed E-state index contributed by atoms with van der Waals surface area (Å²) in [6.45, 7) is 0. The first-order chi connectivity index (χ1) is 13.6. The van der Waals surface area contributed by atoms with Crippen LogP contribution in [0.25, 0.3) is 28.0 Å². The molecule has 0 spiro atoms. The molecule has 1 aromatic carbocycles. The van der Waals surface area contributed by atoms with Gasteiger partial charge in [0.05, 0.1) is 22.3 Å². The summed E-state index contributed by atoms with van der Waals surface area (Å²) < 4.78 is 65.7. The molecular formula is C20H14F3N3O2S. The third-order valence-corrected chi connectivity index (χ3v) is 5.61. The summed E-state index contributed by atoms with van der Waals surface area (Å²) in [4.78, 5) is 8.07. The molecule has 4 rings (SSSR count). The second-order valence-corrected chi connectivity index (χ2v) is 8.53. The molecule has 29 heavy (non-hydrogen) atoms. The third kappa shape index (κ3) is 3.61. The largest absolute Gasteiger partial charge is 0.420 e. The van der Waals surface area contributed by atoms with Crippen LogP contribution in [0.3, 0.4) is 0 Å². The Morgan fingerprint density at radius 1 is 0.966 bits per heavy atom. The first-order valence-electron chi connectivity index (χ1n) is 8.44. The van der Waals surface area contributed by atoms with Crippen molar-refractivity contribution in [3.63, 3.8) is 0 Å². The zero-order chi connectivity index (χ0) is 20.8. The van der Waals surface area contributed by atoms with E-state index in [-0.39, 0.29) is 10.5 Å². The van der Waals surface area contributed by atoms with E-state index in [1.165, 1.54) is 28.9 Å². The fourth-order valence-electron chi connectivity index (χ4n) is 3.07. The van der Waals surface area contributed by atoms with Crippen LogP contribution < -0.4 is 0 Å². The van der Waals surface area contributed by atoms with Crippen LogP contribution in [0, 0.1) is 0 Å². The van der Waals surface area contributed by atoms with Crippen molar-refractivity contribution in [2.24, 2.45) is 0 Å². The van der Waals surface area contributed by atoms with Crippen molar-refractivity contribution in [1.29, 1.82) is 0 Å². The van der Waals surface area contributed by atoms with E-state index in [1.54, 1.807) is 36.7 Å². The van der Waals surface area contributed by atoms with E-state index in [4.69, 9.17) is 0 Å². The van der Waals surface area contributed by atoms with Gasteiger partial charge in [0.2, 0.25) is 0 Å². The van der Waals surface area contributed by atoms with Crippen molar-refractivity contribution in [3.05, 3.63) is 72.8 Å². The molecule has 0 N–H and O–H groups in total. The highest BCUT2D eigenvalue weighted by molar-refractivity contribution is 7.90. The Morgan fingerprint density at radius 2 is 1.69 bits per heavy atom. The van der Waals surface area contributed by atoms with Crippen LogP contribution in [0.5, 0.6) is 0 Å². The van der Waals surface area contributed by atoms with Crippen molar-refractivity contribution in [3.8, 4) is 22.4 Å². The van der Waals surface area contributed by atoms with Gasteiger partial charge in [-0.1, -0.05) is 18.2 Å². The molecule has 0 aliphatic carbocycles. The first kappa shape index (κ1) is 19.1. The van der Waals surface area contributed by atoms with Crippen molar-refractivity contribution < 1.29 is 21.6 Å². The average Bonchev–Trinajstić information content (AvgIpc) is 3.10. The summed E-state index contributed by atoms with van der Waals surface area (Å²) in [6, 6.07) is 10.3. The van der Waals surface area contributed by atoms with Gasteiger partial charge in [-0.15, -0.1) is 0 Å². The number of halogens is 3. The molecule has 0 aliphatic heterocycles. The van der Waals surface area contributed by atoms with Gasteiger partial charge >= 0.3 is 6.18 Å². The molecule has 0 atom stereocenters. The van der Waals surface area contributed by atoms with Crippen LogP contribution in [0.4, 0.5) is 13.2 Å². The van der Waals surface area contributed by atoms with Gasteiger partial charge < -0.3 is 0 Å². The van der Waals surface area contributed by atoms with E-state index in [1.807, 2.05) is 0 Å². The minimum atomic E-state index is -4.60. The Morgan fingerprint density at radius 3 is 2.28 bits per heavy atom. The van der Waals surface area contributed by atoms with E-state index < -0.39 is 21.6 Å². The second-order valence-electron chi connectivity index (χ2n) is 6.52. The number of rotatable bonds is 3. The van der Waals surface area contributed by atoms with Crippen LogP contribution in [-0.2, 0) is 16.0 Å². The number of benzene rings is 1. The van der Waals surface area contributed by atoms with Crippen molar-refractivity contribution in [1.82, 2.24) is 14.4 Å². The molecule has 4 aromatic rings.